The van der Waals surface area contributed by atoms with Crippen molar-refractivity contribution in [1.82, 2.24) is 15.1 Å². The fraction of sp³-hybridized carbons (Fsp3) is 0.227. The molecule has 1 atom stereocenters. The lowest BCUT2D eigenvalue weighted by Crippen LogP contribution is -2.39. The van der Waals surface area contributed by atoms with Crippen molar-refractivity contribution in [3.63, 3.8) is 0 Å². The van der Waals surface area contributed by atoms with Crippen molar-refractivity contribution >= 4 is 29.1 Å². The van der Waals surface area contributed by atoms with Gasteiger partial charge in [0.05, 0.1) is 47.1 Å². The van der Waals surface area contributed by atoms with Gasteiger partial charge < -0.3 is 15.2 Å². The normalized spacial score (nSPS) is 11.8. The molecule has 0 radical (unpaired) electrons. The van der Waals surface area contributed by atoms with Crippen LogP contribution in [0.5, 0.6) is 5.75 Å². The molecule has 9 heteroatoms. The second kappa shape index (κ2) is 9.96. The summed E-state index contributed by atoms with van der Waals surface area (Å²) in [7, 11) is 3.05. The third-order valence-corrected chi connectivity index (χ3v) is 5.42. The Labute approximate surface area is 189 Å². The van der Waals surface area contributed by atoms with Crippen molar-refractivity contribution in [1.29, 1.82) is 0 Å². The van der Waals surface area contributed by atoms with E-state index in [4.69, 9.17) is 27.9 Å². The Hall–Kier alpha value is -2.87. The highest BCUT2D eigenvalue weighted by atomic mass is 35.5. The average molecular weight is 462 g/mol. The summed E-state index contributed by atoms with van der Waals surface area (Å²) in [5.41, 5.74) is 1.84. The van der Waals surface area contributed by atoms with Crippen LogP contribution < -0.4 is 15.6 Å². The van der Waals surface area contributed by atoms with Crippen LogP contribution in [-0.4, -0.2) is 40.6 Å². The summed E-state index contributed by atoms with van der Waals surface area (Å²) in [6.45, 7) is -0.270. The van der Waals surface area contributed by atoms with E-state index in [2.05, 4.69) is 10.4 Å². The van der Waals surface area contributed by atoms with Crippen LogP contribution in [-0.2, 0) is 13.5 Å². The van der Waals surface area contributed by atoms with Gasteiger partial charge >= 0.3 is 0 Å². The van der Waals surface area contributed by atoms with Crippen LogP contribution in [0, 0.1) is 0 Å². The fourth-order valence-corrected chi connectivity index (χ4v) is 3.74. The minimum absolute atomic E-state index is 0.167. The summed E-state index contributed by atoms with van der Waals surface area (Å²) in [6, 6.07) is 11.5. The fourth-order valence-electron chi connectivity index (χ4n) is 3.17. The second-order valence-electron chi connectivity index (χ2n) is 6.87. The quantitative estimate of drug-likeness (QED) is 0.563. The van der Waals surface area contributed by atoms with Crippen molar-refractivity contribution in [3.8, 4) is 16.9 Å². The third-order valence-electron chi connectivity index (χ3n) is 4.79. The molecule has 0 spiro atoms. The summed E-state index contributed by atoms with van der Waals surface area (Å²) < 4.78 is 6.51. The second-order valence-corrected chi connectivity index (χ2v) is 7.68. The first-order chi connectivity index (χ1) is 14.8. The number of aryl methyl sites for hydroxylation is 1. The van der Waals surface area contributed by atoms with Gasteiger partial charge in [0.1, 0.15) is 0 Å². The Morgan fingerprint density at radius 2 is 1.84 bits per heavy atom. The Bertz CT molecular complexity index is 1130. The average Bonchev–Trinajstić information content (AvgIpc) is 2.75. The molecule has 0 unspecified atom stereocenters. The first-order valence-corrected chi connectivity index (χ1v) is 10.2. The van der Waals surface area contributed by atoms with Crippen molar-refractivity contribution in [2.45, 2.75) is 12.5 Å². The van der Waals surface area contributed by atoms with Crippen molar-refractivity contribution in [2.75, 3.05) is 13.7 Å². The minimum Gasteiger partial charge on any atom is -0.494 e. The van der Waals surface area contributed by atoms with Crippen LogP contribution in [0.2, 0.25) is 10.0 Å². The number of aliphatic hydroxyl groups is 1. The number of methoxy groups -OCH3 is 1. The van der Waals surface area contributed by atoms with E-state index in [1.54, 1.807) is 37.4 Å². The molecule has 0 aliphatic carbocycles. The molecule has 0 saturated carbocycles. The van der Waals surface area contributed by atoms with Crippen molar-refractivity contribution in [2.24, 2.45) is 7.05 Å². The molecule has 162 valence electrons. The number of rotatable bonds is 7. The Kier molecular flexibility index (Phi) is 7.33. The van der Waals surface area contributed by atoms with Crippen molar-refractivity contribution < 1.29 is 14.6 Å². The van der Waals surface area contributed by atoms with Gasteiger partial charge in [-0.3, -0.25) is 9.59 Å². The number of halogens is 2. The highest BCUT2D eigenvalue weighted by molar-refractivity contribution is 6.39. The smallest absolute Gasteiger partial charge is 0.278 e. The largest absolute Gasteiger partial charge is 0.494 e. The molecule has 0 saturated heterocycles. The minimum atomic E-state index is -0.547. The summed E-state index contributed by atoms with van der Waals surface area (Å²) in [4.78, 5) is 25.1. The van der Waals surface area contributed by atoms with E-state index in [1.165, 1.54) is 18.0 Å². The van der Waals surface area contributed by atoms with E-state index in [0.29, 0.717) is 23.3 Å². The zero-order valence-electron chi connectivity index (χ0n) is 16.9. The molecule has 7 nitrogen and oxygen atoms in total. The number of hydrogen-bond donors (Lipinski definition) is 2. The van der Waals surface area contributed by atoms with E-state index < -0.39 is 11.9 Å². The number of ether oxygens (including phenoxy) is 1. The topological polar surface area (TPSA) is 93.5 Å². The van der Waals surface area contributed by atoms with Crippen LogP contribution in [0.1, 0.15) is 15.9 Å². The van der Waals surface area contributed by atoms with Gasteiger partial charge in [-0.05, 0) is 29.7 Å². The summed E-state index contributed by atoms with van der Waals surface area (Å²) in [6.07, 6.45) is 1.86. The zero-order valence-corrected chi connectivity index (χ0v) is 18.4. The number of nitrogens with zero attached hydrogens (tertiary/aromatic N) is 2. The van der Waals surface area contributed by atoms with E-state index in [1.807, 2.05) is 12.1 Å². The maximum absolute atomic E-state index is 12.6. The Morgan fingerprint density at radius 1 is 1.19 bits per heavy atom. The molecule has 3 rings (SSSR count). The monoisotopic (exact) mass is 461 g/mol. The van der Waals surface area contributed by atoms with Gasteiger partial charge in [-0.1, -0.05) is 53.5 Å². The standard InChI is InChI=1S/C22H21Cl2N3O4/c1-27-22(30)19(18(31-2)11-25-27)14-8-6-13(7-9-14)10-15(12-28)26-21(29)20-16(23)4-3-5-17(20)24/h3-9,11,15,28H,10,12H2,1-2H3,(H,26,29)/t15-/m0/s1. The number of hydrogen-bond acceptors (Lipinski definition) is 5. The van der Waals surface area contributed by atoms with Crippen LogP contribution in [0.25, 0.3) is 11.1 Å². The SMILES string of the molecule is COc1cnn(C)c(=O)c1-c1ccc(C[C@@H](CO)NC(=O)c2c(Cl)cccc2Cl)cc1. The summed E-state index contributed by atoms with van der Waals surface area (Å²) in [5.74, 6) is -0.0794. The Morgan fingerprint density at radius 3 is 2.42 bits per heavy atom. The van der Waals surface area contributed by atoms with Crippen LogP contribution >= 0.6 is 23.2 Å². The molecular formula is C22H21Cl2N3O4. The molecule has 0 aliphatic rings. The van der Waals surface area contributed by atoms with E-state index >= 15 is 0 Å². The van der Waals surface area contributed by atoms with Crippen LogP contribution in [0.4, 0.5) is 0 Å². The lowest BCUT2D eigenvalue weighted by atomic mass is 10.0. The first kappa shape index (κ1) is 22.8. The molecular weight excluding hydrogens is 441 g/mol. The maximum Gasteiger partial charge on any atom is 0.278 e. The summed E-state index contributed by atoms with van der Waals surface area (Å²) >= 11 is 12.2. The number of benzene rings is 2. The number of nitrogens with one attached hydrogen (secondary N) is 1. The zero-order chi connectivity index (χ0) is 22.5. The van der Waals surface area contributed by atoms with Crippen LogP contribution in [0.3, 0.4) is 0 Å². The van der Waals surface area contributed by atoms with Gasteiger partial charge in [-0.2, -0.15) is 5.10 Å². The molecule has 31 heavy (non-hydrogen) atoms. The predicted octanol–water partition coefficient (Wildman–Crippen LogP) is 3.10. The maximum atomic E-state index is 12.6. The van der Waals surface area contributed by atoms with Gasteiger partial charge in [0.15, 0.2) is 5.75 Å². The molecule has 1 heterocycles. The van der Waals surface area contributed by atoms with Gasteiger partial charge in [0.25, 0.3) is 11.5 Å². The number of carbonyl (C=O) groups excluding carboxylic acids is 1. The molecule has 0 bridgehead atoms. The molecule has 3 aromatic rings. The lowest BCUT2D eigenvalue weighted by Gasteiger charge is -2.18. The van der Waals surface area contributed by atoms with Crippen LogP contribution in [0.15, 0.2) is 53.5 Å². The van der Waals surface area contributed by atoms with E-state index in [0.717, 1.165) is 5.56 Å². The van der Waals surface area contributed by atoms with Gasteiger partial charge in [0, 0.05) is 7.05 Å². The summed E-state index contributed by atoms with van der Waals surface area (Å²) in [5, 5.41) is 16.9. The van der Waals surface area contributed by atoms with Gasteiger partial charge in [0.2, 0.25) is 0 Å². The molecule has 1 amide bonds. The third kappa shape index (κ3) is 5.07. The molecule has 2 aromatic carbocycles. The highest BCUT2D eigenvalue weighted by Crippen LogP contribution is 2.26. The number of aromatic nitrogens is 2. The van der Waals surface area contributed by atoms with E-state index in [-0.39, 0.29) is 27.8 Å². The first-order valence-electron chi connectivity index (χ1n) is 9.41. The lowest BCUT2D eigenvalue weighted by molar-refractivity contribution is 0.0917. The number of aliphatic hydroxyl groups excluding tert-OH is 1. The highest BCUT2D eigenvalue weighted by Gasteiger charge is 2.19. The molecule has 0 aliphatic heterocycles. The number of carbonyl (C=O) groups is 1. The molecule has 0 fully saturated rings. The Balaban J connectivity index is 1.78. The molecule has 2 N–H and O–H groups in total. The predicted molar refractivity (Wildman–Crippen MR) is 120 cm³/mol. The van der Waals surface area contributed by atoms with Crippen molar-refractivity contribution in [3.05, 3.63) is 80.2 Å². The molecule has 1 aromatic heterocycles. The van der Waals surface area contributed by atoms with E-state index in [9.17, 15) is 14.7 Å². The van der Waals surface area contributed by atoms with Gasteiger partial charge in [-0.15, -0.1) is 0 Å². The number of amides is 1. The van der Waals surface area contributed by atoms with Gasteiger partial charge in [-0.25, -0.2) is 4.68 Å².